The largest absolute Gasteiger partial charge is 0.483 e. The van der Waals surface area contributed by atoms with Gasteiger partial charge in [-0.1, -0.05) is 24.2 Å². The standard InChI is InChI=1S/C14H19N3O2/c1-4-13-16-14(19-17-13)8-18-12-7-9(2)5-6-11(12)10(3)15/h5-7,10H,4,8,15H2,1-3H3/t10-/m1/s1. The van der Waals surface area contributed by atoms with Crippen LogP contribution in [-0.2, 0) is 13.0 Å². The molecule has 0 saturated heterocycles. The Morgan fingerprint density at radius 3 is 2.84 bits per heavy atom. The van der Waals surface area contributed by atoms with E-state index in [9.17, 15) is 0 Å². The van der Waals surface area contributed by atoms with Crippen LogP contribution in [0.15, 0.2) is 22.7 Å². The molecule has 0 aliphatic carbocycles. The monoisotopic (exact) mass is 261 g/mol. The van der Waals surface area contributed by atoms with Crippen molar-refractivity contribution in [3.63, 3.8) is 0 Å². The number of nitrogens with two attached hydrogens (primary N) is 1. The molecule has 0 aliphatic heterocycles. The molecule has 5 nitrogen and oxygen atoms in total. The Morgan fingerprint density at radius 1 is 1.42 bits per heavy atom. The van der Waals surface area contributed by atoms with Gasteiger partial charge in [-0.15, -0.1) is 0 Å². The van der Waals surface area contributed by atoms with E-state index in [0.717, 1.165) is 23.3 Å². The Bertz CT molecular complexity index is 549. The highest BCUT2D eigenvalue weighted by Crippen LogP contribution is 2.25. The van der Waals surface area contributed by atoms with E-state index in [4.69, 9.17) is 15.0 Å². The molecule has 1 atom stereocenters. The number of nitrogens with zero attached hydrogens (tertiary/aromatic N) is 2. The van der Waals surface area contributed by atoms with Crippen molar-refractivity contribution >= 4 is 0 Å². The Hall–Kier alpha value is -1.88. The third-order valence-corrected chi connectivity index (χ3v) is 2.84. The minimum Gasteiger partial charge on any atom is -0.483 e. The van der Waals surface area contributed by atoms with Gasteiger partial charge in [-0.05, 0) is 25.5 Å². The summed E-state index contributed by atoms with van der Waals surface area (Å²) in [5.74, 6) is 1.94. The lowest BCUT2D eigenvalue weighted by Crippen LogP contribution is -2.08. The van der Waals surface area contributed by atoms with Crippen molar-refractivity contribution in [2.24, 2.45) is 5.73 Å². The lowest BCUT2D eigenvalue weighted by atomic mass is 10.1. The number of aromatic nitrogens is 2. The molecule has 19 heavy (non-hydrogen) atoms. The SMILES string of the molecule is CCc1noc(COc2cc(C)ccc2[C@@H](C)N)n1. The fraction of sp³-hybridized carbons (Fsp3) is 0.429. The van der Waals surface area contributed by atoms with E-state index in [1.54, 1.807) is 0 Å². The zero-order chi connectivity index (χ0) is 13.8. The minimum absolute atomic E-state index is 0.0792. The van der Waals surface area contributed by atoms with E-state index in [0.29, 0.717) is 11.7 Å². The van der Waals surface area contributed by atoms with E-state index >= 15 is 0 Å². The lowest BCUT2D eigenvalue weighted by Gasteiger charge is -2.13. The van der Waals surface area contributed by atoms with Gasteiger partial charge < -0.3 is 15.0 Å². The third kappa shape index (κ3) is 3.32. The molecule has 0 bridgehead atoms. The average molecular weight is 261 g/mol. The number of aryl methyl sites for hydroxylation is 2. The molecule has 102 valence electrons. The second-order valence-electron chi connectivity index (χ2n) is 4.58. The van der Waals surface area contributed by atoms with Crippen LogP contribution in [-0.4, -0.2) is 10.1 Å². The summed E-state index contributed by atoms with van der Waals surface area (Å²) in [5, 5.41) is 3.83. The summed E-state index contributed by atoms with van der Waals surface area (Å²) in [6.07, 6.45) is 0.749. The zero-order valence-electron chi connectivity index (χ0n) is 11.5. The molecular formula is C14H19N3O2. The van der Waals surface area contributed by atoms with Crippen molar-refractivity contribution < 1.29 is 9.26 Å². The van der Waals surface area contributed by atoms with Crippen molar-refractivity contribution in [1.29, 1.82) is 0 Å². The number of hydrogen-bond acceptors (Lipinski definition) is 5. The van der Waals surface area contributed by atoms with Crippen LogP contribution in [0.3, 0.4) is 0 Å². The Balaban J connectivity index is 2.12. The topological polar surface area (TPSA) is 74.2 Å². The molecule has 2 N–H and O–H groups in total. The molecule has 0 saturated carbocycles. The summed E-state index contributed by atoms with van der Waals surface area (Å²) in [6, 6.07) is 5.90. The first-order valence-electron chi connectivity index (χ1n) is 6.40. The second kappa shape index (κ2) is 5.84. The van der Waals surface area contributed by atoms with Crippen molar-refractivity contribution in [3.05, 3.63) is 41.0 Å². The molecule has 0 spiro atoms. The van der Waals surface area contributed by atoms with Crippen LogP contribution in [0.2, 0.25) is 0 Å². The average Bonchev–Trinajstić information content (AvgIpc) is 2.84. The highest BCUT2D eigenvalue weighted by atomic mass is 16.5. The van der Waals surface area contributed by atoms with E-state index < -0.39 is 0 Å². The van der Waals surface area contributed by atoms with Gasteiger partial charge >= 0.3 is 0 Å². The highest BCUT2D eigenvalue weighted by molar-refractivity contribution is 5.38. The fourth-order valence-corrected chi connectivity index (χ4v) is 1.77. The van der Waals surface area contributed by atoms with Crippen LogP contribution in [0.5, 0.6) is 5.75 Å². The normalized spacial score (nSPS) is 12.4. The zero-order valence-corrected chi connectivity index (χ0v) is 11.5. The van der Waals surface area contributed by atoms with Gasteiger partial charge in [-0.2, -0.15) is 4.98 Å². The van der Waals surface area contributed by atoms with Crippen molar-refractivity contribution in [3.8, 4) is 5.75 Å². The summed E-state index contributed by atoms with van der Waals surface area (Å²) in [4.78, 5) is 4.21. The summed E-state index contributed by atoms with van der Waals surface area (Å²) in [7, 11) is 0. The number of hydrogen-bond donors (Lipinski definition) is 1. The fourth-order valence-electron chi connectivity index (χ4n) is 1.77. The van der Waals surface area contributed by atoms with Gasteiger partial charge in [0, 0.05) is 18.0 Å². The molecule has 0 fully saturated rings. The third-order valence-electron chi connectivity index (χ3n) is 2.84. The molecule has 1 heterocycles. The number of rotatable bonds is 5. The Kier molecular flexibility index (Phi) is 4.16. The molecule has 2 rings (SSSR count). The molecule has 0 unspecified atom stereocenters. The summed E-state index contributed by atoms with van der Waals surface area (Å²) < 4.78 is 10.8. The molecule has 5 heteroatoms. The molecule has 0 aliphatic rings. The van der Waals surface area contributed by atoms with Crippen molar-refractivity contribution in [2.45, 2.75) is 39.8 Å². The van der Waals surface area contributed by atoms with Crippen LogP contribution in [0.4, 0.5) is 0 Å². The molecule has 0 amide bonds. The summed E-state index contributed by atoms with van der Waals surface area (Å²) in [6.45, 7) is 6.18. The van der Waals surface area contributed by atoms with Crippen LogP contribution in [0.25, 0.3) is 0 Å². The Labute approximate surface area is 112 Å². The highest BCUT2D eigenvalue weighted by Gasteiger charge is 2.11. The quantitative estimate of drug-likeness (QED) is 0.895. The van der Waals surface area contributed by atoms with Crippen LogP contribution >= 0.6 is 0 Å². The predicted molar refractivity (Wildman–Crippen MR) is 71.8 cm³/mol. The van der Waals surface area contributed by atoms with Crippen molar-refractivity contribution in [1.82, 2.24) is 10.1 Å². The van der Waals surface area contributed by atoms with Gasteiger partial charge in [0.1, 0.15) is 5.75 Å². The first-order chi connectivity index (χ1) is 9.10. The van der Waals surface area contributed by atoms with Crippen LogP contribution < -0.4 is 10.5 Å². The predicted octanol–water partition coefficient (Wildman–Crippen LogP) is 2.54. The molecular weight excluding hydrogens is 242 g/mol. The maximum Gasteiger partial charge on any atom is 0.264 e. The molecule has 2 aromatic rings. The first kappa shape index (κ1) is 13.5. The van der Waals surface area contributed by atoms with Gasteiger partial charge in [-0.3, -0.25) is 0 Å². The number of benzene rings is 1. The van der Waals surface area contributed by atoms with Gasteiger partial charge in [-0.25, -0.2) is 0 Å². The second-order valence-corrected chi connectivity index (χ2v) is 4.58. The molecule has 0 radical (unpaired) electrons. The minimum atomic E-state index is -0.0792. The van der Waals surface area contributed by atoms with E-state index in [1.165, 1.54) is 0 Å². The molecule has 1 aromatic carbocycles. The van der Waals surface area contributed by atoms with Gasteiger partial charge in [0.2, 0.25) is 0 Å². The summed E-state index contributed by atoms with van der Waals surface area (Å²) in [5.41, 5.74) is 8.03. The number of ether oxygens (including phenoxy) is 1. The summed E-state index contributed by atoms with van der Waals surface area (Å²) >= 11 is 0. The van der Waals surface area contributed by atoms with Gasteiger partial charge in [0.15, 0.2) is 12.4 Å². The van der Waals surface area contributed by atoms with Crippen LogP contribution in [0, 0.1) is 6.92 Å². The van der Waals surface area contributed by atoms with Gasteiger partial charge in [0.05, 0.1) is 0 Å². The smallest absolute Gasteiger partial charge is 0.264 e. The van der Waals surface area contributed by atoms with Crippen LogP contribution in [0.1, 0.15) is 42.7 Å². The van der Waals surface area contributed by atoms with E-state index in [-0.39, 0.29) is 12.6 Å². The van der Waals surface area contributed by atoms with Crippen molar-refractivity contribution in [2.75, 3.05) is 0 Å². The molecule has 1 aromatic heterocycles. The Morgan fingerprint density at radius 2 is 2.21 bits per heavy atom. The van der Waals surface area contributed by atoms with Gasteiger partial charge in [0.25, 0.3) is 5.89 Å². The lowest BCUT2D eigenvalue weighted by molar-refractivity contribution is 0.240. The maximum atomic E-state index is 5.93. The first-order valence-corrected chi connectivity index (χ1v) is 6.40. The van der Waals surface area contributed by atoms with E-state index in [1.807, 2.05) is 39.0 Å². The maximum absolute atomic E-state index is 5.93. The van der Waals surface area contributed by atoms with E-state index in [2.05, 4.69) is 10.1 Å².